The SMILES string of the molecule is CCOC(=O)C[C@@H]1C(=O)C[C@H](c2ccc(Br)cc2)[C@H]1C=O. The van der Waals surface area contributed by atoms with E-state index < -0.39 is 17.8 Å². The van der Waals surface area contributed by atoms with Crippen LogP contribution in [0.3, 0.4) is 0 Å². The first-order valence-corrected chi connectivity index (χ1v) is 7.75. The van der Waals surface area contributed by atoms with Crippen LogP contribution in [0.5, 0.6) is 0 Å². The highest BCUT2D eigenvalue weighted by Gasteiger charge is 2.43. The van der Waals surface area contributed by atoms with Gasteiger partial charge in [0.1, 0.15) is 12.1 Å². The molecule has 0 aliphatic heterocycles. The minimum Gasteiger partial charge on any atom is -0.466 e. The highest BCUT2D eigenvalue weighted by molar-refractivity contribution is 9.10. The number of halogens is 1. The van der Waals surface area contributed by atoms with Gasteiger partial charge in [-0.1, -0.05) is 28.1 Å². The molecule has 1 fully saturated rings. The van der Waals surface area contributed by atoms with Crippen LogP contribution in [0.25, 0.3) is 0 Å². The quantitative estimate of drug-likeness (QED) is 0.603. The predicted octanol–water partition coefficient (Wildman–Crippen LogP) is 2.89. The number of ether oxygens (including phenoxy) is 1. The van der Waals surface area contributed by atoms with Crippen LogP contribution in [0.4, 0.5) is 0 Å². The van der Waals surface area contributed by atoms with Crippen molar-refractivity contribution in [2.45, 2.75) is 25.7 Å². The van der Waals surface area contributed by atoms with Gasteiger partial charge in [0.15, 0.2) is 0 Å². The number of benzene rings is 1. The summed E-state index contributed by atoms with van der Waals surface area (Å²) in [6, 6.07) is 7.59. The van der Waals surface area contributed by atoms with Crippen molar-refractivity contribution in [1.82, 2.24) is 0 Å². The lowest BCUT2D eigenvalue weighted by Gasteiger charge is -2.18. The number of ketones is 1. The molecule has 112 valence electrons. The molecular weight excluding hydrogens is 336 g/mol. The number of carbonyl (C=O) groups excluding carboxylic acids is 3. The van der Waals surface area contributed by atoms with Crippen LogP contribution in [0.15, 0.2) is 28.7 Å². The van der Waals surface area contributed by atoms with Crippen molar-refractivity contribution >= 4 is 34.0 Å². The fraction of sp³-hybridized carbons (Fsp3) is 0.438. The molecule has 5 heteroatoms. The zero-order valence-corrected chi connectivity index (χ0v) is 13.3. The van der Waals surface area contributed by atoms with Gasteiger partial charge in [-0.3, -0.25) is 9.59 Å². The summed E-state index contributed by atoms with van der Waals surface area (Å²) in [7, 11) is 0. The highest BCUT2D eigenvalue weighted by atomic mass is 79.9. The number of esters is 1. The molecule has 4 nitrogen and oxygen atoms in total. The van der Waals surface area contributed by atoms with Crippen molar-refractivity contribution in [3.05, 3.63) is 34.3 Å². The Hall–Kier alpha value is -1.49. The molecule has 1 saturated carbocycles. The molecule has 1 aromatic carbocycles. The third-order valence-electron chi connectivity index (χ3n) is 3.91. The Bertz CT molecular complexity index is 538. The first kappa shape index (κ1) is 15.9. The molecule has 0 amide bonds. The van der Waals surface area contributed by atoms with Crippen molar-refractivity contribution in [1.29, 1.82) is 0 Å². The monoisotopic (exact) mass is 352 g/mol. The molecule has 1 aliphatic carbocycles. The minimum absolute atomic E-state index is 0.0108. The standard InChI is InChI=1S/C16H17BrO4/c1-2-21-16(20)8-13-14(9-18)12(7-15(13)19)10-3-5-11(17)6-4-10/h3-6,9,12-14H,2,7-8H2,1H3/t12-,13+,14-/m1/s1. The molecule has 0 unspecified atom stereocenters. The molecule has 21 heavy (non-hydrogen) atoms. The van der Waals surface area contributed by atoms with Crippen LogP contribution < -0.4 is 0 Å². The average molecular weight is 353 g/mol. The fourth-order valence-electron chi connectivity index (χ4n) is 2.89. The maximum Gasteiger partial charge on any atom is 0.306 e. The van der Waals surface area contributed by atoms with E-state index in [9.17, 15) is 14.4 Å². The van der Waals surface area contributed by atoms with Gasteiger partial charge < -0.3 is 9.53 Å². The Labute approximate surface area is 132 Å². The summed E-state index contributed by atoms with van der Waals surface area (Å²) in [6.07, 6.45) is 1.10. The van der Waals surface area contributed by atoms with Crippen LogP contribution in [-0.2, 0) is 19.1 Å². The average Bonchev–Trinajstić information content (AvgIpc) is 2.76. The van der Waals surface area contributed by atoms with Gasteiger partial charge in [-0.15, -0.1) is 0 Å². The van der Waals surface area contributed by atoms with Gasteiger partial charge in [0, 0.05) is 28.6 Å². The summed E-state index contributed by atoms with van der Waals surface area (Å²) < 4.78 is 5.83. The zero-order valence-electron chi connectivity index (χ0n) is 11.8. The maximum absolute atomic E-state index is 12.2. The molecule has 0 radical (unpaired) electrons. The highest BCUT2D eigenvalue weighted by Crippen LogP contribution is 2.42. The van der Waals surface area contributed by atoms with E-state index in [-0.39, 0.29) is 24.7 Å². The Morgan fingerprint density at radius 3 is 2.62 bits per heavy atom. The van der Waals surface area contributed by atoms with Crippen LogP contribution in [0.1, 0.15) is 31.2 Å². The van der Waals surface area contributed by atoms with E-state index in [4.69, 9.17) is 4.74 Å². The second kappa shape index (κ2) is 6.98. The molecule has 0 heterocycles. The minimum atomic E-state index is -0.560. The van der Waals surface area contributed by atoms with Gasteiger partial charge in [-0.05, 0) is 24.6 Å². The van der Waals surface area contributed by atoms with Gasteiger partial charge >= 0.3 is 5.97 Å². The van der Waals surface area contributed by atoms with Crippen molar-refractivity contribution in [3.8, 4) is 0 Å². The van der Waals surface area contributed by atoms with Crippen LogP contribution in [-0.4, -0.2) is 24.6 Å². The second-order valence-electron chi connectivity index (χ2n) is 5.16. The molecule has 3 atom stereocenters. The molecule has 2 rings (SSSR count). The molecule has 0 saturated heterocycles. The number of rotatable bonds is 5. The molecule has 1 aromatic rings. The summed E-state index contributed by atoms with van der Waals surface area (Å²) in [4.78, 5) is 35.2. The lowest BCUT2D eigenvalue weighted by Crippen LogP contribution is -2.22. The second-order valence-corrected chi connectivity index (χ2v) is 6.07. The van der Waals surface area contributed by atoms with Crippen molar-refractivity contribution in [3.63, 3.8) is 0 Å². The zero-order chi connectivity index (χ0) is 15.4. The van der Waals surface area contributed by atoms with E-state index in [1.807, 2.05) is 24.3 Å². The summed E-state index contributed by atoms with van der Waals surface area (Å²) >= 11 is 3.36. The Balaban J connectivity index is 2.18. The first-order valence-electron chi connectivity index (χ1n) is 6.96. The topological polar surface area (TPSA) is 60.4 Å². The van der Waals surface area contributed by atoms with Crippen molar-refractivity contribution < 1.29 is 19.1 Å². The lowest BCUT2D eigenvalue weighted by atomic mass is 9.84. The number of aldehydes is 1. The van der Waals surface area contributed by atoms with Gasteiger partial charge in [-0.2, -0.15) is 0 Å². The summed E-state index contributed by atoms with van der Waals surface area (Å²) in [5.74, 6) is -1.62. The Kier molecular flexibility index (Phi) is 5.28. The number of Topliss-reactive ketones (excluding diaryl/α,β-unsaturated/α-hetero) is 1. The van der Waals surface area contributed by atoms with E-state index in [0.29, 0.717) is 6.42 Å². The largest absolute Gasteiger partial charge is 0.466 e. The van der Waals surface area contributed by atoms with Gasteiger partial charge in [0.25, 0.3) is 0 Å². The van der Waals surface area contributed by atoms with E-state index in [2.05, 4.69) is 15.9 Å². The molecule has 0 N–H and O–H groups in total. The van der Waals surface area contributed by atoms with E-state index in [0.717, 1.165) is 16.3 Å². The van der Waals surface area contributed by atoms with E-state index in [1.54, 1.807) is 6.92 Å². The molecule has 0 bridgehead atoms. The van der Waals surface area contributed by atoms with Gasteiger partial charge in [-0.25, -0.2) is 0 Å². The summed E-state index contributed by atoms with van der Waals surface area (Å²) in [6.45, 7) is 2.00. The normalized spacial score (nSPS) is 24.9. The predicted molar refractivity (Wildman–Crippen MR) is 80.8 cm³/mol. The number of hydrogen-bond donors (Lipinski definition) is 0. The van der Waals surface area contributed by atoms with Gasteiger partial charge in [0.2, 0.25) is 0 Å². The third kappa shape index (κ3) is 3.59. The Morgan fingerprint density at radius 2 is 2.05 bits per heavy atom. The molecule has 0 aromatic heterocycles. The number of carbonyl (C=O) groups is 3. The smallest absolute Gasteiger partial charge is 0.306 e. The third-order valence-corrected chi connectivity index (χ3v) is 4.44. The Morgan fingerprint density at radius 1 is 1.38 bits per heavy atom. The van der Waals surface area contributed by atoms with E-state index in [1.165, 1.54) is 0 Å². The maximum atomic E-state index is 12.2. The van der Waals surface area contributed by atoms with Crippen LogP contribution in [0.2, 0.25) is 0 Å². The molecule has 0 spiro atoms. The van der Waals surface area contributed by atoms with E-state index >= 15 is 0 Å². The van der Waals surface area contributed by atoms with Crippen molar-refractivity contribution in [2.75, 3.05) is 6.61 Å². The van der Waals surface area contributed by atoms with Crippen molar-refractivity contribution in [2.24, 2.45) is 11.8 Å². The summed E-state index contributed by atoms with van der Waals surface area (Å²) in [5, 5.41) is 0. The molecular formula is C16H17BrO4. The van der Waals surface area contributed by atoms with Gasteiger partial charge in [0.05, 0.1) is 13.0 Å². The van der Waals surface area contributed by atoms with Crippen LogP contribution >= 0.6 is 15.9 Å². The van der Waals surface area contributed by atoms with Crippen LogP contribution in [0, 0.1) is 11.8 Å². The first-order chi connectivity index (χ1) is 10.1. The summed E-state index contributed by atoms with van der Waals surface area (Å²) in [5.41, 5.74) is 0.954. The fourth-order valence-corrected chi connectivity index (χ4v) is 3.15. The lowest BCUT2D eigenvalue weighted by molar-refractivity contribution is -0.146. The molecule has 1 aliphatic rings. The number of hydrogen-bond acceptors (Lipinski definition) is 4.